The van der Waals surface area contributed by atoms with Gasteiger partial charge in [-0.2, -0.15) is 0 Å². The van der Waals surface area contributed by atoms with Crippen LogP contribution in [0.2, 0.25) is 0 Å². The normalized spacial score (nSPS) is 24.2. The van der Waals surface area contributed by atoms with Crippen LogP contribution in [0.4, 0.5) is 11.4 Å². The summed E-state index contributed by atoms with van der Waals surface area (Å²) in [5.41, 5.74) is 1.88. The minimum atomic E-state index is -3.73. The number of hydrogen-bond donors (Lipinski definition) is 3. The average molecular weight is 469 g/mol. The smallest absolute Gasteiger partial charge is 0.271 e. The molecule has 30 heavy (non-hydrogen) atoms. The largest absolute Gasteiger partial charge is 0.490 e. The van der Waals surface area contributed by atoms with E-state index in [0.29, 0.717) is 36.4 Å². The van der Waals surface area contributed by atoms with Crippen molar-refractivity contribution in [3.05, 3.63) is 35.2 Å². The fraction of sp³-hybridized carbons (Fsp3) is 0.450. The van der Waals surface area contributed by atoms with E-state index in [1.807, 2.05) is 13.0 Å². The Bertz CT molecular complexity index is 1020. The summed E-state index contributed by atoms with van der Waals surface area (Å²) in [4.78, 5) is 0. The van der Waals surface area contributed by atoms with Gasteiger partial charge in [0.25, 0.3) is 15.2 Å². The van der Waals surface area contributed by atoms with Gasteiger partial charge < -0.3 is 19.9 Å². The van der Waals surface area contributed by atoms with Gasteiger partial charge >= 0.3 is 0 Å². The van der Waals surface area contributed by atoms with Crippen molar-refractivity contribution in [2.45, 2.75) is 61.5 Å². The van der Waals surface area contributed by atoms with E-state index in [-0.39, 0.29) is 27.7 Å². The van der Waals surface area contributed by atoms with Crippen molar-refractivity contribution >= 4 is 50.1 Å². The fourth-order valence-electron chi connectivity index (χ4n) is 3.75. The average Bonchev–Trinajstić information content (AvgIpc) is 3.17. The number of thiophene rings is 1. The zero-order valence-electron chi connectivity index (χ0n) is 16.5. The summed E-state index contributed by atoms with van der Waals surface area (Å²) in [7, 11) is -3.73. The van der Waals surface area contributed by atoms with Crippen LogP contribution in [0.25, 0.3) is 0 Å². The molecule has 1 atom stereocenters. The van der Waals surface area contributed by atoms with Gasteiger partial charge in [-0.05, 0) is 56.3 Å². The lowest BCUT2D eigenvalue weighted by Crippen LogP contribution is -2.26. The number of thiocarbonyl (C=S) groups is 1. The molecule has 162 valence electrons. The Hall–Kier alpha value is -1.88. The van der Waals surface area contributed by atoms with Crippen molar-refractivity contribution in [2.24, 2.45) is 0 Å². The Balaban J connectivity index is 1.69. The van der Waals surface area contributed by atoms with Crippen LogP contribution in [0.5, 0.6) is 5.75 Å². The van der Waals surface area contributed by atoms with Crippen LogP contribution in [0.1, 0.15) is 38.2 Å². The Morgan fingerprint density at radius 2 is 2.07 bits per heavy atom. The molecule has 0 bridgehead atoms. The van der Waals surface area contributed by atoms with E-state index in [1.165, 1.54) is 0 Å². The number of fused-ring (bicyclic) bond motifs is 1. The molecule has 1 aliphatic carbocycles. The number of benzene rings is 1. The van der Waals surface area contributed by atoms with Gasteiger partial charge in [-0.1, -0.05) is 6.07 Å². The topological polar surface area (TPSA) is 96.9 Å². The molecule has 0 radical (unpaired) electrons. The summed E-state index contributed by atoms with van der Waals surface area (Å²) >= 11 is 6.40. The number of aliphatic hydroxyl groups excluding tert-OH is 1. The van der Waals surface area contributed by atoms with Crippen LogP contribution >= 0.6 is 23.6 Å². The summed E-state index contributed by atoms with van der Waals surface area (Å²) in [5, 5.41) is 14.8. The summed E-state index contributed by atoms with van der Waals surface area (Å²) < 4.78 is 40.5. The zero-order valence-corrected chi connectivity index (χ0v) is 18.9. The molecule has 1 saturated carbocycles. The number of ether oxygens (including phenoxy) is 2. The van der Waals surface area contributed by atoms with Crippen molar-refractivity contribution in [1.29, 1.82) is 0 Å². The first kappa shape index (κ1) is 21.4. The summed E-state index contributed by atoms with van der Waals surface area (Å²) in [6.45, 7) is 1.89. The lowest BCUT2D eigenvalue weighted by atomic mass is 9.95. The maximum atomic E-state index is 12.9. The van der Waals surface area contributed by atoms with Crippen LogP contribution in [0.3, 0.4) is 0 Å². The monoisotopic (exact) mass is 468 g/mol. The Morgan fingerprint density at radius 3 is 2.77 bits per heavy atom. The van der Waals surface area contributed by atoms with Crippen LogP contribution in [-0.4, -0.2) is 37.0 Å². The summed E-state index contributed by atoms with van der Waals surface area (Å²) in [6.07, 6.45) is 2.87. The van der Waals surface area contributed by atoms with Crippen molar-refractivity contribution in [2.75, 3.05) is 10.0 Å². The molecule has 2 aromatic rings. The number of nitrogens with one attached hydrogen (secondary N) is 2. The first-order valence-corrected chi connectivity index (χ1v) is 12.6. The van der Waals surface area contributed by atoms with Gasteiger partial charge in [0.15, 0.2) is 0 Å². The first-order valence-electron chi connectivity index (χ1n) is 9.86. The molecule has 1 fully saturated rings. The highest BCUT2D eigenvalue weighted by atomic mass is 32.2. The minimum absolute atomic E-state index is 0.0268. The standard InChI is InChI=1S/C20H24N2O5S3/c1-12-9-16-17(21-20(28)26-12)10-15(27-14-6-4-13(23)5-7-14)11-18(16)22-30(24,25)19-3-2-8-29-19/h2-3,8,10-14,22-23H,4-7,9H2,1H3,(H,21,28). The number of aliphatic hydroxyl groups is 1. The molecule has 2 aliphatic rings. The molecular formula is C20H24N2O5S3. The highest BCUT2D eigenvalue weighted by molar-refractivity contribution is 7.94. The molecule has 0 spiro atoms. The Labute approximate surface area is 185 Å². The van der Waals surface area contributed by atoms with E-state index in [9.17, 15) is 13.5 Å². The third kappa shape index (κ3) is 4.88. The predicted molar refractivity (Wildman–Crippen MR) is 121 cm³/mol. The predicted octanol–water partition coefficient (Wildman–Crippen LogP) is 3.89. The van der Waals surface area contributed by atoms with E-state index >= 15 is 0 Å². The fourth-order valence-corrected chi connectivity index (χ4v) is 6.11. The molecule has 7 nitrogen and oxygen atoms in total. The van der Waals surface area contributed by atoms with Crippen molar-refractivity contribution < 1.29 is 23.0 Å². The van der Waals surface area contributed by atoms with Gasteiger partial charge in [0.2, 0.25) is 0 Å². The third-order valence-corrected chi connectivity index (χ3v) is 8.17. The summed E-state index contributed by atoms with van der Waals surface area (Å²) in [5.74, 6) is 0.545. The van der Waals surface area contributed by atoms with Crippen molar-refractivity contribution in [3.63, 3.8) is 0 Å². The quantitative estimate of drug-likeness (QED) is 0.573. The first-order chi connectivity index (χ1) is 14.3. The van der Waals surface area contributed by atoms with E-state index in [0.717, 1.165) is 29.7 Å². The molecule has 4 rings (SSSR count). The van der Waals surface area contributed by atoms with E-state index in [4.69, 9.17) is 21.7 Å². The molecule has 2 heterocycles. The highest BCUT2D eigenvalue weighted by Gasteiger charge is 2.26. The number of sulfonamides is 1. The van der Waals surface area contributed by atoms with Crippen LogP contribution in [0.15, 0.2) is 33.9 Å². The van der Waals surface area contributed by atoms with E-state index in [2.05, 4.69) is 10.0 Å². The second-order valence-electron chi connectivity index (χ2n) is 7.63. The Morgan fingerprint density at radius 1 is 1.30 bits per heavy atom. The maximum absolute atomic E-state index is 12.9. The summed E-state index contributed by atoms with van der Waals surface area (Å²) in [6, 6.07) is 6.82. The lowest BCUT2D eigenvalue weighted by Gasteiger charge is -2.27. The van der Waals surface area contributed by atoms with E-state index in [1.54, 1.807) is 23.6 Å². The van der Waals surface area contributed by atoms with Crippen LogP contribution in [0, 0.1) is 0 Å². The molecule has 1 aliphatic heterocycles. The van der Waals surface area contributed by atoms with Crippen molar-refractivity contribution in [3.8, 4) is 5.75 Å². The van der Waals surface area contributed by atoms with Gasteiger partial charge in [0.1, 0.15) is 16.1 Å². The molecule has 0 saturated heterocycles. The van der Waals surface area contributed by atoms with E-state index < -0.39 is 10.0 Å². The number of rotatable bonds is 5. The molecule has 1 aromatic carbocycles. The molecule has 0 amide bonds. The van der Waals surface area contributed by atoms with Crippen LogP contribution in [-0.2, 0) is 21.2 Å². The maximum Gasteiger partial charge on any atom is 0.271 e. The number of hydrogen-bond acceptors (Lipinski definition) is 7. The van der Waals surface area contributed by atoms with Crippen molar-refractivity contribution in [1.82, 2.24) is 0 Å². The SMILES string of the molecule is CC1Cc2c(cc(OC3CCC(O)CC3)cc2NS(=O)(=O)c2cccs2)NC(=S)O1. The van der Waals surface area contributed by atoms with Gasteiger partial charge in [-0.3, -0.25) is 4.72 Å². The van der Waals surface area contributed by atoms with Gasteiger partial charge in [-0.25, -0.2) is 8.42 Å². The third-order valence-electron chi connectivity index (χ3n) is 5.21. The van der Waals surface area contributed by atoms with Gasteiger partial charge in [0, 0.05) is 24.1 Å². The van der Waals surface area contributed by atoms with Crippen LogP contribution < -0.4 is 14.8 Å². The minimum Gasteiger partial charge on any atom is -0.490 e. The number of anilines is 2. The lowest BCUT2D eigenvalue weighted by molar-refractivity contribution is 0.0666. The molecule has 3 N–H and O–H groups in total. The molecule has 1 unspecified atom stereocenters. The van der Waals surface area contributed by atoms with Gasteiger partial charge in [0.05, 0.1) is 23.6 Å². The molecule has 10 heteroatoms. The molecular weight excluding hydrogens is 444 g/mol. The zero-order chi connectivity index (χ0) is 21.3. The second-order valence-corrected chi connectivity index (χ2v) is 10.9. The van der Waals surface area contributed by atoms with Gasteiger partial charge in [-0.15, -0.1) is 11.3 Å². The highest BCUT2D eigenvalue weighted by Crippen LogP contribution is 2.37. The molecule has 1 aromatic heterocycles. The Kier molecular flexibility index (Phi) is 6.19. The second kappa shape index (κ2) is 8.70.